The highest BCUT2D eigenvalue weighted by Crippen LogP contribution is 2.51. The number of aryl methyl sites for hydroxylation is 4. The lowest BCUT2D eigenvalue weighted by Gasteiger charge is -2.38. The topological polar surface area (TPSA) is 96.8 Å². The van der Waals surface area contributed by atoms with Gasteiger partial charge in [0.05, 0.1) is 24.2 Å². The molecule has 33 heavy (non-hydrogen) atoms. The van der Waals surface area contributed by atoms with E-state index in [0.717, 1.165) is 50.8 Å². The van der Waals surface area contributed by atoms with Crippen LogP contribution >= 0.6 is 0 Å². The molecule has 5 heterocycles. The van der Waals surface area contributed by atoms with Gasteiger partial charge < -0.3 is 14.8 Å². The lowest BCUT2D eigenvalue weighted by atomic mass is 9.85. The predicted molar refractivity (Wildman–Crippen MR) is 121 cm³/mol. The maximum Gasteiger partial charge on any atom is 0.226 e. The molecule has 1 aromatic carbocycles. The average molecular weight is 444 g/mol. The molecule has 10 heteroatoms. The van der Waals surface area contributed by atoms with Crippen LogP contribution in [0.4, 0.5) is 5.95 Å². The number of methoxy groups -OCH3 is 1. The van der Waals surface area contributed by atoms with Gasteiger partial charge in [0.25, 0.3) is 0 Å². The molecule has 0 unspecified atom stereocenters. The van der Waals surface area contributed by atoms with E-state index in [9.17, 15) is 0 Å². The number of benzene rings is 1. The fourth-order valence-corrected chi connectivity index (χ4v) is 4.89. The summed E-state index contributed by atoms with van der Waals surface area (Å²) in [5, 5.41) is 17.3. The summed E-state index contributed by atoms with van der Waals surface area (Å²) < 4.78 is 17.7. The van der Waals surface area contributed by atoms with Crippen LogP contribution in [-0.4, -0.2) is 41.4 Å². The summed E-state index contributed by atoms with van der Waals surface area (Å²) in [4.78, 5) is 4.49. The van der Waals surface area contributed by atoms with Crippen molar-refractivity contribution >= 4 is 11.6 Å². The van der Waals surface area contributed by atoms with Crippen molar-refractivity contribution in [3.05, 3.63) is 70.6 Å². The highest BCUT2D eigenvalue weighted by Gasteiger charge is 2.43. The monoisotopic (exact) mass is 444 g/mol. The molecular weight excluding hydrogens is 420 g/mol. The molecule has 0 aliphatic carbocycles. The molecule has 0 fully saturated rings. The van der Waals surface area contributed by atoms with Gasteiger partial charge in [0.15, 0.2) is 6.10 Å². The molecule has 0 saturated carbocycles. The van der Waals surface area contributed by atoms with Gasteiger partial charge in [0.1, 0.15) is 23.9 Å². The first-order valence-corrected chi connectivity index (χ1v) is 10.7. The Bertz CT molecular complexity index is 1430. The molecule has 4 aromatic rings. The van der Waals surface area contributed by atoms with Crippen molar-refractivity contribution in [1.82, 2.24) is 34.3 Å². The first-order valence-electron chi connectivity index (χ1n) is 10.7. The maximum absolute atomic E-state index is 6.68. The lowest BCUT2D eigenvalue weighted by molar-refractivity contribution is 0.222. The highest BCUT2D eigenvalue weighted by molar-refractivity contribution is 5.85. The van der Waals surface area contributed by atoms with Crippen LogP contribution < -0.4 is 14.8 Å². The number of rotatable bonds is 3. The Morgan fingerprint density at radius 3 is 2.42 bits per heavy atom. The van der Waals surface area contributed by atoms with Gasteiger partial charge in [0.2, 0.25) is 5.95 Å². The summed E-state index contributed by atoms with van der Waals surface area (Å²) in [5.74, 6) is 2.19. The fraction of sp³-hybridized carbons (Fsp3) is 0.304. The van der Waals surface area contributed by atoms with E-state index in [1.807, 2.05) is 72.6 Å². The van der Waals surface area contributed by atoms with Crippen molar-refractivity contribution in [2.75, 3.05) is 12.4 Å². The lowest BCUT2D eigenvalue weighted by Crippen LogP contribution is -2.32. The third-order valence-corrected chi connectivity index (χ3v) is 6.30. The zero-order valence-electron chi connectivity index (χ0n) is 19.1. The van der Waals surface area contributed by atoms with Crippen LogP contribution in [-0.2, 0) is 14.1 Å². The van der Waals surface area contributed by atoms with Crippen molar-refractivity contribution in [3.8, 4) is 11.5 Å². The van der Waals surface area contributed by atoms with Crippen LogP contribution in [0.15, 0.2) is 42.5 Å². The standard InChI is InChI=1S/C23H24N8O2/c1-12-16(9-29(3)27-12)21-19-20(26-23-24-11-25-31(21)23)15-8-14(32-5)6-7-18(15)33-22(19)17-10-30(4)28-13(17)2/h6-11,21-22H,1-5H3,(H,24,25,26)/t21-,22+/m1/s1. The summed E-state index contributed by atoms with van der Waals surface area (Å²) in [6.45, 7) is 4.02. The third kappa shape index (κ3) is 2.86. The first kappa shape index (κ1) is 19.6. The second-order valence-electron chi connectivity index (χ2n) is 8.43. The molecule has 2 aliphatic heterocycles. The molecule has 10 nitrogen and oxygen atoms in total. The van der Waals surface area contributed by atoms with Crippen molar-refractivity contribution in [2.24, 2.45) is 14.1 Å². The molecule has 3 aromatic heterocycles. The largest absolute Gasteiger partial charge is 0.497 e. The summed E-state index contributed by atoms with van der Waals surface area (Å²) in [5.41, 5.74) is 6.78. The number of nitrogens with one attached hydrogen (secondary N) is 1. The van der Waals surface area contributed by atoms with Gasteiger partial charge >= 0.3 is 0 Å². The first-order chi connectivity index (χ1) is 15.9. The Balaban J connectivity index is 1.66. The summed E-state index contributed by atoms with van der Waals surface area (Å²) in [7, 11) is 5.51. The van der Waals surface area contributed by atoms with Crippen LogP contribution in [0, 0.1) is 13.8 Å². The fourth-order valence-electron chi connectivity index (χ4n) is 4.89. The minimum atomic E-state index is -0.371. The van der Waals surface area contributed by atoms with E-state index in [4.69, 9.17) is 9.47 Å². The molecule has 2 atom stereocenters. The number of hydrogen-bond donors (Lipinski definition) is 1. The van der Waals surface area contributed by atoms with Gasteiger partial charge in [-0.1, -0.05) is 0 Å². The zero-order valence-corrected chi connectivity index (χ0v) is 19.1. The smallest absolute Gasteiger partial charge is 0.226 e. The Kier molecular flexibility index (Phi) is 4.13. The van der Waals surface area contributed by atoms with Crippen LogP contribution in [0.2, 0.25) is 0 Å². The molecule has 6 rings (SSSR count). The van der Waals surface area contributed by atoms with Crippen LogP contribution in [0.3, 0.4) is 0 Å². The van der Waals surface area contributed by atoms with E-state index in [-0.39, 0.29) is 12.1 Å². The molecule has 0 radical (unpaired) electrons. The summed E-state index contributed by atoms with van der Waals surface area (Å²) in [6.07, 6.45) is 5.25. The van der Waals surface area contributed by atoms with Crippen LogP contribution in [0.25, 0.3) is 5.70 Å². The normalized spacial score (nSPS) is 18.8. The van der Waals surface area contributed by atoms with E-state index in [2.05, 4.69) is 25.6 Å². The van der Waals surface area contributed by atoms with Crippen molar-refractivity contribution in [1.29, 1.82) is 0 Å². The molecule has 1 N–H and O–H groups in total. The third-order valence-electron chi connectivity index (χ3n) is 6.30. The van der Waals surface area contributed by atoms with E-state index in [1.165, 1.54) is 0 Å². The van der Waals surface area contributed by atoms with E-state index >= 15 is 0 Å². The molecule has 168 valence electrons. The molecule has 2 aliphatic rings. The van der Waals surface area contributed by atoms with Gasteiger partial charge in [-0.15, -0.1) is 0 Å². The maximum atomic E-state index is 6.68. The number of aromatic nitrogens is 7. The molecule has 0 spiro atoms. The Labute approximate surface area is 190 Å². The van der Waals surface area contributed by atoms with Crippen LogP contribution in [0.1, 0.15) is 40.2 Å². The van der Waals surface area contributed by atoms with Crippen molar-refractivity contribution < 1.29 is 9.47 Å². The number of fused-ring (bicyclic) bond motifs is 3. The quantitative estimate of drug-likeness (QED) is 0.519. The van der Waals surface area contributed by atoms with E-state index in [0.29, 0.717) is 5.95 Å². The SMILES string of the molecule is COc1ccc2c(c1)C1=C([C@H](c3cn(C)nc3C)O2)[C@@H](c2cn(C)nc2C)n2ncnc2N1. The van der Waals surface area contributed by atoms with Crippen LogP contribution in [0.5, 0.6) is 11.5 Å². The van der Waals surface area contributed by atoms with Gasteiger partial charge in [0, 0.05) is 48.8 Å². The highest BCUT2D eigenvalue weighted by atomic mass is 16.5. The van der Waals surface area contributed by atoms with E-state index in [1.54, 1.807) is 13.4 Å². The molecule has 0 bridgehead atoms. The predicted octanol–water partition coefficient (Wildman–Crippen LogP) is 2.93. The Morgan fingerprint density at radius 1 is 1.03 bits per heavy atom. The summed E-state index contributed by atoms with van der Waals surface area (Å²) >= 11 is 0. The molecule has 0 amide bonds. The number of anilines is 1. The minimum Gasteiger partial charge on any atom is -0.497 e. The van der Waals surface area contributed by atoms with Gasteiger partial charge in [-0.2, -0.15) is 20.3 Å². The second kappa shape index (κ2) is 6.96. The number of nitrogens with zero attached hydrogens (tertiary/aromatic N) is 7. The number of ether oxygens (including phenoxy) is 2. The van der Waals surface area contributed by atoms with Gasteiger partial charge in [-0.25, -0.2) is 4.68 Å². The Morgan fingerprint density at radius 2 is 1.76 bits per heavy atom. The minimum absolute atomic E-state index is 0.253. The summed E-state index contributed by atoms with van der Waals surface area (Å²) in [6, 6.07) is 5.59. The second-order valence-corrected chi connectivity index (χ2v) is 8.43. The van der Waals surface area contributed by atoms with E-state index < -0.39 is 0 Å². The zero-order chi connectivity index (χ0) is 22.9. The average Bonchev–Trinajstić information content (AvgIpc) is 3.49. The number of hydrogen-bond acceptors (Lipinski definition) is 7. The van der Waals surface area contributed by atoms with Crippen molar-refractivity contribution in [3.63, 3.8) is 0 Å². The van der Waals surface area contributed by atoms with Crippen molar-refractivity contribution in [2.45, 2.75) is 26.0 Å². The molecule has 0 saturated heterocycles. The Hall–Kier alpha value is -4.08. The molecular formula is C23H24N8O2. The van der Waals surface area contributed by atoms with Gasteiger partial charge in [-0.05, 0) is 32.0 Å². The van der Waals surface area contributed by atoms with Gasteiger partial charge in [-0.3, -0.25) is 9.36 Å².